The van der Waals surface area contributed by atoms with Gasteiger partial charge in [-0.05, 0) is 18.2 Å². The van der Waals surface area contributed by atoms with Crippen LogP contribution in [0, 0.1) is 27.6 Å². The number of halogens is 3. The molecule has 5 nitrogen and oxygen atoms in total. The van der Waals surface area contributed by atoms with Crippen molar-refractivity contribution in [2.45, 2.75) is 6.54 Å². The van der Waals surface area contributed by atoms with Gasteiger partial charge in [-0.15, -0.1) is 0 Å². The van der Waals surface area contributed by atoms with Crippen LogP contribution in [0.15, 0.2) is 30.3 Å². The SMILES string of the molecule is COc1ccc([N+](=O)[O-])cc1CNc1ccc(F)c(F)c1F. The van der Waals surface area contributed by atoms with Crippen LogP contribution in [0.2, 0.25) is 0 Å². The van der Waals surface area contributed by atoms with Gasteiger partial charge in [-0.3, -0.25) is 10.1 Å². The number of benzene rings is 2. The Morgan fingerprint density at radius 2 is 1.91 bits per heavy atom. The topological polar surface area (TPSA) is 64.4 Å². The van der Waals surface area contributed by atoms with Gasteiger partial charge in [0, 0.05) is 24.2 Å². The van der Waals surface area contributed by atoms with Gasteiger partial charge in [0.2, 0.25) is 0 Å². The Balaban J connectivity index is 2.26. The van der Waals surface area contributed by atoms with Crippen LogP contribution in [-0.4, -0.2) is 12.0 Å². The zero-order valence-corrected chi connectivity index (χ0v) is 11.4. The van der Waals surface area contributed by atoms with E-state index in [0.717, 1.165) is 12.1 Å². The largest absolute Gasteiger partial charge is 0.496 e. The highest BCUT2D eigenvalue weighted by atomic mass is 19.2. The van der Waals surface area contributed by atoms with Gasteiger partial charge in [0.25, 0.3) is 5.69 Å². The Bertz CT molecular complexity index is 723. The van der Waals surface area contributed by atoms with Gasteiger partial charge >= 0.3 is 0 Å². The lowest BCUT2D eigenvalue weighted by Gasteiger charge is -2.11. The van der Waals surface area contributed by atoms with E-state index in [1.165, 1.54) is 25.3 Å². The molecule has 116 valence electrons. The molecule has 0 amide bonds. The van der Waals surface area contributed by atoms with E-state index in [0.29, 0.717) is 11.3 Å². The standard InChI is InChI=1S/C14H11F3N2O3/c1-22-12-5-2-9(19(20)21)6-8(12)7-18-11-4-3-10(15)13(16)14(11)17/h2-6,18H,7H2,1H3. The van der Waals surface area contributed by atoms with Gasteiger partial charge in [-0.25, -0.2) is 13.2 Å². The number of non-ortho nitro benzene ring substituents is 1. The molecular weight excluding hydrogens is 301 g/mol. The number of nitro benzene ring substituents is 1. The highest BCUT2D eigenvalue weighted by Gasteiger charge is 2.15. The molecule has 0 spiro atoms. The van der Waals surface area contributed by atoms with Crippen LogP contribution in [0.25, 0.3) is 0 Å². The predicted molar refractivity (Wildman–Crippen MR) is 73.3 cm³/mol. The summed E-state index contributed by atoms with van der Waals surface area (Å²) in [6, 6.07) is 5.74. The number of ether oxygens (including phenoxy) is 1. The molecule has 0 saturated heterocycles. The molecule has 0 saturated carbocycles. The molecule has 0 heterocycles. The van der Waals surface area contributed by atoms with Crippen molar-refractivity contribution in [3.63, 3.8) is 0 Å². The zero-order chi connectivity index (χ0) is 16.3. The molecule has 2 aromatic carbocycles. The first-order chi connectivity index (χ1) is 10.4. The van der Waals surface area contributed by atoms with Crippen LogP contribution in [0.5, 0.6) is 5.75 Å². The summed E-state index contributed by atoms with van der Waals surface area (Å²) in [7, 11) is 1.38. The second-order valence-corrected chi connectivity index (χ2v) is 4.33. The summed E-state index contributed by atoms with van der Waals surface area (Å²) in [6.45, 7) is -0.0627. The average Bonchev–Trinajstić information content (AvgIpc) is 2.51. The van der Waals surface area contributed by atoms with Crippen molar-refractivity contribution in [3.05, 3.63) is 63.5 Å². The van der Waals surface area contributed by atoms with Crippen LogP contribution < -0.4 is 10.1 Å². The number of hydrogen-bond donors (Lipinski definition) is 1. The molecule has 0 aliphatic heterocycles. The molecule has 0 fully saturated rings. The average molecular weight is 312 g/mol. The molecule has 0 aliphatic rings. The molecule has 22 heavy (non-hydrogen) atoms. The van der Waals surface area contributed by atoms with Crippen LogP contribution in [0.1, 0.15) is 5.56 Å². The van der Waals surface area contributed by atoms with E-state index < -0.39 is 22.4 Å². The van der Waals surface area contributed by atoms with E-state index in [4.69, 9.17) is 4.74 Å². The molecule has 0 radical (unpaired) electrons. The molecular formula is C14H11F3N2O3. The first-order valence-electron chi connectivity index (χ1n) is 6.12. The van der Waals surface area contributed by atoms with Gasteiger partial charge < -0.3 is 10.1 Å². The summed E-state index contributed by atoms with van der Waals surface area (Å²) in [6.07, 6.45) is 0. The monoisotopic (exact) mass is 312 g/mol. The number of rotatable bonds is 5. The number of anilines is 1. The molecule has 2 rings (SSSR count). The maximum Gasteiger partial charge on any atom is 0.270 e. The van der Waals surface area contributed by atoms with Gasteiger partial charge in [-0.1, -0.05) is 0 Å². The van der Waals surface area contributed by atoms with Gasteiger partial charge in [-0.2, -0.15) is 0 Å². The minimum Gasteiger partial charge on any atom is -0.496 e. The number of methoxy groups -OCH3 is 1. The third kappa shape index (κ3) is 3.11. The number of nitro groups is 1. The number of nitrogens with one attached hydrogen (secondary N) is 1. The molecule has 0 aliphatic carbocycles. The quantitative estimate of drug-likeness (QED) is 0.520. The summed E-state index contributed by atoms with van der Waals surface area (Å²) < 4.78 is 44.6. The molecule has 8 heteroatoms. The maximum atomic E-state index is 13.5. The second kappa shape index (κ2) is 6.33. The van der Waals surface area contributed by atoms with E-state index in [2.05, 4.69) is 5.32 Å². The summed E-state index contributed by atoms with van der Waals surface area (Å²) in [5.41, 5.74) is -0.0448. The third-order valence-electron chi connectivity index (χ3n) is 2.98. The van der Waals surface area contributed by atoms with E-state index in [1.807, 2.05) is 0 Å². The second-order valence-electron chi connectivity index (χ2n) is 4.33. The lowest BCUT2D eigenvalue weighted by atomic mass is 10.1. The van der Waals surface area contributed by atoms with Crippen LogP contribution in [0.3, 0.4) is 0 Å². The highest BCUT2D eigenvalue weighted by Crippen LogP contribution is 2.26. The maximum absolute atomic E-state index is 13.5. The Morgan fingerprint density at radius 3 is 2.55 bits per heavy atom. The van der Waals surface area contributed by atoms with Crippen molar-refractivity contribution < 1.29 is 22.8 Å². The summed E-state index contributed by atoms with van der Waals surface area (Å²) >= 11 is 0. The first kappa shape index (κ1) is 15.6. The van der Waals surface area contributed by atoms with Crippen LogP contribution >= 0.6 is 0 Å². The van der Waals surface area contributed by atoms with E-state index in [-0.39, 0.29) is 17.9 Å². The molecule has 1 N–H and O–H groups in total. The van der Waals surface area contributed by atoms with E-state index in [9.17, 15) is 23.3 Å². The number of hydrogen-bond acceptors (Lipinski definition) is 4. The number of nitrogens with zero attached hydrogens (tertiary/aromatic N) is 1. The Hall–Kier alpha value is -2.77. The molecule has 0 aromatic heterocycles. The molecule has 2 aromatic rings. The smallest absolute Gasteiger partial charge is 0.270 e. The van der Waals surface area contributed by atoms with Gasteiger partial charge in [0.05, 0.1) is 17.7 Å². The van der Waals surface area contributed by atoms with Gasteiger partial charge in [0.15, 0.2) is 17.5 Å². The van der Waals surface area contributed by atoms with Crippen molar-refractivity contribution in [1.29, 1.82) is 0 Å². The fourth-order valence-corrected chi connectivity index (χ4v) is 1.87. The minimum absolute atomic E-state index is 0.0627. The van der Waals surface area contributed by atoms with Crippen molar-refractivity contribution in [2.24, 2.45) is 0 Å². The zero-order valence-electron chi connectivity index (χ0n) is 11.4. The molecule has 0 unspecified atom stereocenters. The Kier molecular flexibility index (Phi) is 4.50. The first-order valence-corrected chi connectivity index (χ1v) is 6.12. The lowest BCUT2D eigenvalue weighted by Crippen LogP contribution is -2.06. The summed E-state index contributed by atoms with van der Waals surface area (Å²) in [5.74, 6) is -3.89. The normalized spacial score (nSPS) is 10.4. The van der Waals surface area contributed by atoms with Crippen LogP contribution in [-0.2, 0) is 6.54 Å². The van der Waals surface area contributed by atoms with Crippen LogP contribution in [0.4, 0.5) is 24.5 Å². The molecule has 0 bridgehead atoms. The minimum atomic E-state index is -1.59. The predicted octanol–water partition coefficient (Wildman–Crippen LogP) is 3.63. The van der Waals surface area contributed by atoms with E-state index in [1.54, 1.807) is 0 Å². The highest BCUT2D eigenvalue weighted by molar-refractivity contribution is 5.49. The van der Waals surface area contributed by atoms with Crippen molar-refractivity contribution in [3.8, 4) is 5.75 Å². The van der Waals surface area contributed by atoms with Crippen molar-refractivity contribution >= 4 is 11.4 Å². The fourth-order valence-electron chi connectivity index (χ4n) is 1.87. The van der Waals surface area contributed by atoms with Crippen molar-refractivity contribution in [2.75, 3.05) is 12.4 Å². The van der Waals surface area contributed by atoms with Crippen molar-refractivity contribution in [1.82, 2.24) is 0 Å². The molecule has 0 atom stereocenters. The lowest BCUT2D eigenvalue weighted by molar-refractivity contribution is -0.384. The third-order valence-corrected chi connectivity index (χ3v) is 2.98. The summed E-state index contributed by atoms with van der Waals surface area (Å²) in [4.78, 5) is 10.2. The van der Waals surface area contributed by atoms with E-state index >= 15 is 0 Å². The fraction of sp³-hybridized carbons (Fsp3) is 0.143. The Morgan fingerprint density at radius 1 is 1.18 bits per heavy atom. The van der Waals surface area contributed by atoms with Gasteiger partial charge in [0.1, 0.15) is 5.75 Å². The Labute approximate surface area is 123 Å². The summed E-state index contributed by atoms with van der Waals surface area (Å²) in [5, 5.41) is 13.3.